The Morgan fingerprint density at radius 1 is 1.04 bits per heavy atom. The Balaban J connectivity index is 1.73. The first-order chi connectivity index (χ1) is 12.2. The van der Waals surface area contributed by atoms with Crippen molar-refractivity contribution in [3.05, 3.63) is 48.0 Å². The molecular weight excluding hydrogens is 360 g/mol. The smallest absolute Gasteiger partial charge is 0.262 e. The summed E-state index contributed by atoms with van der Waals surface area (Å²) in [6, 6.07) is 10.5. The standard InChI is InChI=1S/C17H18N2O6S/c1-17(2)24-14-9-6-12(10-15(14)25-17)18-16(20)11-4-7-13(8-5-11)26(21,22)19-23-3/h4-10,19H,1-3H3,(H,18,20). The molecule has 0 aliphatic carbocycles. The van der Waals surface area contributed by atoms with Crippen molar-refractivity contribution in [3.8, 4) is 11.5 Å². The Labute approximate surface area is 151 Å². The van der Waals surface area contributed by atoms with Gasteiger partial charge in [-0.2, -0.15) is 0 Å². The fourth-order valence-electron chi connectivity index (χ4n) is 2.45. The number of hydrogen-bond acceptors (Lipinski definition) is 6. The summed E-state index contributed by atoms with van der Waals surface area (Å²) in [5.74, 6) is 0.0163. The first kappa shape index (κ1) is 18.2. The van der Waals surface area contributed by atoms with E-state index >= 15 is 0 Å². The zero-order valence-electron chi connectivity index (χ0n) is 14.4. The summed E-state index contributed by atoms with van der Waals surface area (Å²) in [5.41, 5.74) is 0.840. The van der Waals surface area contributed by atoms with Crippen molar-refractivity contribution in [1.82, 2.24) is 4.89 Å². The topological polar surface area (TPSA) is 103 Å². The fraction of sp³-hybridized carbons (Fsp3) is 0.235. The fourth-order valence-corrected chi connectivity index (χ4v) is 3.26. The normalized spacial score (nSPS) is 14.9. The number of hydrogen-bond donors (Lipinski definition) is 2. The molecule has 2 aromatic rings. The lowest BCUT2D eigenvalue weighted by molar-refractivity contribution is -0.0431. The third-order valence-electron chi connectivity index (χ3n) is 3.53. The number of carbonyl (C=O) groups is 1. The van der Waals surface area contributed by atoms with Crippen molar-refractivity contribution in [3.63, 3.8) is 0 Å². The van der Waals surface area contributed by atoms with E-state index in [2.05, 4.69) is 10.2 Å². The Bertz CT molecular complexity index is 938. The molecule has 1 heterocycles. The van der Waals surface area contributed by atoms with Crippen molar-refractivity contribution in [2.45, 2.75) is 24.5 Å². The molecule has 0 saturated heterocycles. The molecule has 2 N–H and O–H groups in total. The van der Waals surface area contributed by atoms with Gasteiger partial charge in [-0.15, -0.1) is 0 Å². The highest BCUT2D eigenvalue weighted by molar-refractivity contribution is 7.89. The minimum atomic E-state index is -3.76. The van der Waals surface area contributed by atoms with E-state index in [1.807, 2.05) is 4.89 Å². The number of fused-ring (bicyclic) bond motifs is 1. The highest BCUT2D eigenvalue weighted by Crippen LogP contribution is 2.40. The maximum atomic E-state index is 12.4. The number of rotatable bonds is 5. The van der Waals surface area contributed by atoms with Gasteiger partial charge < -0.3 is 14.8 Å². The molecule has 9 heteroatoms. The Morgan fingerprint density at radius 3 is 2.35 bits per heavy atom. The number of benzene rings is 2. The second-order valence-electron chi connectivity index (χ2n) is 6.03. The molecule has 3 rings (SSSR count). The van der Waals surface area contributed by atoms with Crippen LogP contribution in [0.15, 0.2) is 47.4 Å². The molecule has 26 heavy (non-hydrogen) atoms. The molecule has 0 fully saturated rings. The summed E-state index contributed by atoms with van der Waals surface area (Å²) >= 11 is 0. The second-order valence-corrected chi connectivity index (χ2v) is 7.68. The van der Waals surface area contributed by atoms with Crippen LogP contribution < -0.4 is 19.7 Å². The number of nitrogens with one attached hydrogen (secondary N) is 2. The average Bonchev–Trinajstić information content (AvgIpc) is 2.88. The van der Waals surface area contributed by atoms with Crippen molar-refractivity contribution < 1.29 is 27.5 Å². The molecular formula is C17H18N2O6S. The van der Waals surface area contributed by atoms with Gasteiger partial charge in [0.2, 0.25) is 5.79 Å². The first-order valence-electron chi connectivity index (χ1n) is 7.68. The summed E-state index contributed by atoms with van der Waals surface area (Å²) in [6.07, 6.45) is 0. The van der Waals surface area contributed by atoms with Gasteiger partial charge in [-0.1, -0.05) is 4.89 Å². The van der Waals surface area contributed by atoms with Gasteiger partial charge in [0.15, 0.2) is 11.5 Å². The average molecular weight is 378 g/mol. The largest absolute Gasteiger partial charge is 0.449 e. The Hall–Kier alpha value is -2.62. The maximum absolute atomic E-state index is 12.4. The number of carbonyl (C=O) groups excluding carboxylic acids is 1. The van der Waals surface area contributed by atoms with Gasteiger partial charge >= 0.3 is 0 Å². The van der Waals surface area contributed by atoms with Crippen molar-refractivity contribution in [2.24, 2.45) is 0 Å². The summed E-state index contributed by atoms with van der Waals surface area (Å²) < 4.78 is 34.8. The van der Waals surface area contributed by atoms with Crippen LogP contribution in [0.4, 0.5) is 5.69 Å². The summed E-state index contributed by atoms with van der Waals surface area (Å²) in [7, 11) is -2.56. The molecule has 138 valence electrons. The van der Waals surface area contributed by atoms with E-state index in [1.54, 1.807) is 32.0 Å². The quantitative estimate of drug-likeness (QED) is 0.774. The highest BCUT2D eigenvalue weighted by Gasteiger charge is 2.31. The number of anilines is 1. The molecule has 0 aromatic heterocycles. The summed E-state index contributed by atoms with van der Waals surface area (Å²) in [6.45, 7) is 3.58. The van der Waals surface area contributed by atoms with Gasteiger partial charge in [-0.3, -0.25) is 9.63 Å². The van der Waals surface area contributed by atoms with Crippen LogP contribution in [0.25, 0.3) is 0 Å². The molecule has 0 radical (unpaired) electrons. The van der Waals surface area contributed by atoms with E-state index in [4.69, 9.17) is 9.47 Å². The monoisotopic (exact) mass is 378 g/mol. The summed E-state index contributed by atoms with van der Waals surface area (Å²) in [5, 5.41) is 2.73. The van der Waals surface area contributed by atoms with Gasteiger partial charge in [0.05, 0.1) is 12.0 Å². The minimum absolute atomic E-state index is 0.0128. The van der Waals surface area contributed by atoms with E-state index < -0.39 is 15.8 Å². The Kier molecular flexibility index (Phi) is 4.61. The SMILES string of the molecule is CONS(=O)(=O)c1ccc(C(=O)Nc2ccc3c(c2)OC(C)(C)O3)cc1. The molecule has 1 aliphatic rings. The molecule has 0 spiro atoms. The second kappa shape index (κ2) is 6.60. The van der Waals surface area contributed by atoms with Gasteiger partial charge in [-0.05, 0) is 36.4 Å². The van der Waals surface area contributed by atoms with Crippen LogP contribution in [-0.4, -0.2) is 27.2 Å². The Morgan fingerprint density at radius 2 is 1.69 bits per heavy atom. The van der Waals surface area contributed by atoms with Gasteiger partial charge in [0.25, 0.3) is 15.9 Å². The van der Waals surface area contributed by atoms with Gasteiger partial charge in [-0.25, -0.2) is 8.42 Å². The molecule has 0 saturated carbocycles. The third kappa shape index (κ3) is 3.79. The lowest BCUT2D eigenvalue weighted by Crippen LogP contribution is -2.29. The first-order valence-corrected chi connectivity index (χ1v) is 9.17. The van der Waals surface area contributed by atoms with Crippen LogP contribution in [0.5, 0.6) is 11.5 Å². The van der Waals surface area contributed by atoms with Crippen LogP contribution >= 0.6 is 0 Å². The van der Waals surface area contributed by atoms with Gasteiger partial charge in [0.1, 0.15) is 0 Å². The predicted octanol–water partition coefficient (Wildman–Crippen LogP) is 2.29. The molecule has 1 amide bonds. The van der Waals surface area contributed by atoms with Crippen LogP contribution in [-0.2, 0) is 14.9 Å². The van der Waals surface area contributed by atoms with E-state index in [-0.39, 0.29) is 10.8 Å². The number of ether oxygens (including phenoxy) is 2. The molecule has 0 atom stereocenters. The highest BCUT2D eigenvalue weighted by atomic mass is 32.2. The van der Waals surface area contributed by atoms with Crippen LogP contribution in [0.1, 0.15) is 24.2 Å². The molecule has 0 unspecified atom stereocenters. The maximum Gasteiger partial charge on any atom is 0.262 e. The zero-order chi connectivity index (χ0) is 18.9. The minimum Gasteiger partial charge on any atom is -0.449 e. The van der Waals surface area contributed by atoms with E-state index in [0.29, 0.717) is 22.7 Å². The molecule has 8 nitrogen and oxygen atoms in total. The predicted molar refractivity (Wildman–Crippen MR) is 93.5 cm³/mol. The van der Waals surface area contributed by atoms with Crippen molar-refractivity contribution >= 4 is 21.6 Å². The van der Waals surface area contributed by atoms with E-state index in [9.17, 15) is 13.2 Å². The zero-order valence-corrected chi connectivity index (χ0v) is 15.2. The van der Waals surface area contributed by atoms with Crippen LogP contribution in [0, 0.1) is 0 Å². The molecule has 1 aliphatic heterocycles. The van der Waals surface area contributed by atoms with Crippen molar-refractivity contribution in [2.75, 3.05) is 12.4 Å². The summed E-state index contributed by atoms with van der Waals surface area (Å²) in [4.78, 5) is 18.7. The number of sulfonamides is 1. The van der Waals surface area contributed by atoms with Crippen LogP contribution in [0.2, 0.25) is 0 Å². The third-order valence-corrected chi connectivity index (χ3v) is 4.81. The van der Waals surface area contributed by atoms with E-state index in [1.165, 1.54) is 31.4 Å². The number of amides is 1. The molecule has 2 aromatic carbocycles. The molecule has 0 bridgehead atoms. The van der Waals surface area contributed by atoms with Crippen LogP contribution in [0.3, 0.4) is 0 Å². The van der Waals surface area contributed by atoms with Gasteiger partial charge in [0, 0.05) is 31.2 Å². The van der Waals surface area contributed by atoms with Crippen molar-refractivity contribution in [1.29, 1.82) is 0 Å². The lowest BCUT2D eigenvalue weighted by Gasteiger charge is -2.16. The lowest BCUT2D eigenvalue weighted by atomic mass is 10.2. The van der Waals surface area contributed by atoms with E-state index in [0.717, 1.165) is 0 Å².